The molecule has 0 radical (unpaired) electrons. The van der Waals surface area contributed by atoms with Gasteiger partial charge in [-0.2, -0.15) is 5.10 Å². The average molecular weight is 446 g/mol. The highest BCUT2D eigenvalue weighted by molar-refractivity contribution is 14.0. The first kappa shape index (κ1) is 18.7. The van der Waals surface area contributed by atoms with Crippen molar-refractivity contribution in [3.8, 4) is 0 Å². The zero-order valence-corrected chi connectivity index (χ0v) is 16.2. The van der Waals surface area contributed by atoms with Gasteiger partial charge in [-0.25, -0.2) is 9.67 Å². The van der Waals surface area contributed by atoms with Crippen LogP contribution in [0, 0.1) is 0 Å². The molecule has 1 aliphatic rings. The van der Waals surface area contributed by atoms with E-state index in [2.05, 4.69) is 25.7 Å². The van der Waals surface area contributed by atoms with Crippen LogP contribution in [0.15, 0.2) is 27.8 Å². The molecule has 0 saturated carbocycles. The van der Waals surface area contributed by atoms with Gasteiger partial charge >= 0.3 is 0 Å². The minimum Gasteiger partial charge on any atom is -0.467 e. The molecule has 2 N–H and O–H groups in total. The number of aliphatic imine (C=N–C) groups is 1. The van der Waals surface area contributed by atoms with E-state index in [4.69, 9.17) is 9.15 Å². The number of hydrogen-bond acceptors (Lipinski definition) is 5. The average Bonchev–Trinajstić information content (AvgIpc) is 3.20. The molecular formula is C15H23IN6O2. The van der Waals surface area contributed by atoms with E-state index in [1.54, 1.807) is 20.4 Å². The first-order valence-corrected chi connectivity index (χ1v) is 7.69. The SMILES string of the molecule is CN=C(NCc1ccco1)NC1CCc2nc(COC)nn2C1.I. The van der Waals surface area contributed by atoms with Crippen molar-refractivity contribution in [2.45, 2.75) is 38.6 Å². The number of rotatable bonds is 5. The fraction of sp³-hybridized carbons (Fsp3) is 0.533. The minimum absolute atomic E-state index is 0. The monoisotopic (exact) mass is 446 g/mol. The molecule has 0 aromatic carbocycles. The van der Waals surface area contributed by atoms with E-state index in [0.29, 0.717) is 13.2 Å². The molecule has 132 valence electrons. The summed E-state index contributed by atoms with van der Waals surface area (Å²) in [7, 11) is 3.41. The van der Waals surface area contributed by atoms with Gasteiger partial charge in [-0.15, -0.1) is 24.0 Å². The quantitative estimate of drug-likeness (QED) is 0.409. The number of halogens is 1. The molecule has 1 aliphatic heterocycles. The fourth-order valence-corrected chi connectivity index (χ4v) is 2.64. The number of furan rings is 1. The zero-order chi connectivity index (χ0) is 16.1. The van der Waals surface area contributed by atoms with Gasteiger partial charge in [-0.1, -0.05) is 0 Å². The van der Waals surface area contributed by atoms with Crippen molar-refractivity contribution in [2.24, 2.45) is 4.99 Å². The molecule has 0 spiro atoms. The van der Waals surface area contributed by atoms with Gasteiger partial charge in [0.15, 0.2) is 11.8 Å². The standard InChI is InChI=1S/C15H22N6O2.HI/c1-16-15(17-8-12-4-3-7-23-12)18-11-5-6-14-19-13(10-22-2)20-21(14)9-11;/h3-4,7,11H,5-6,8-10H2,1-2H3,(H2,16,17,18);1H. The van der Waals surface area contributed by atoms with E-state index < -0.39 is 0 Å². The summed E-state index contributed by atoms with van der Waals surface area (Å²) in [5.74, 6) is 3.39. The summed E-state index contributed by atoms with van der Waals surface area (Å²) in [5, 5.41) is 11.2. The Morgan fingerprint density at radius 2 is 2.42 bits per heavy atom. The maximum absolute atomic E-state index is 5.31. The number of methoxy groups -OCH3 is 1. The van der Waals surface area contributed by atoms with Crippen molar-refractivity contribution < 1.29 is 9.15 Å². The van der Waals surface area contributed by atoms with E-state index in [-0.39, 0.29) is 30.0 Å². The molecule has 0 aliphatic carbocycles. The molecule has 0 bridgehead atoms. The highest BCUT2D eigenvalue weighted by atomic mass is 127. The smallest absolute Gasteiger partial charge is 0.191 e. The van der Waals surface area contributed by atoms with Crippen LogP contribution in [0.3, 0.4) is 0 Å². The van der Waals surface area contributed by atoms with Crippen molar-refractivity contribution in [3.05, 3.63) is 35.8 Å². The second kappa shape index (κ2) is 9.02. The highest BCUT2D eigenvalue weighted by Gasteiger charge is 2.22. The van der Waals surface area contributed by atoms with Crippen LogP contribution < -0.4 is 10.6 Å². The zero-order valence-electron chi connectivity index (χ0n) is 13.9. The van der Waals surface area contributed by atoms with E-state index in [9.17, 15) is 0 Å². The number of aromatic nitrogens is 3. The van der Waals surface area contributed by atoms with Crippen LogP contribution in [0.4, 0.5) is 0 Å². The number of nitrogens with zero attached hydrogens (tertiary/aromatic N) is 4. The Morgan fingerprint density at radius 1 is 1.54 bits per heavy atom. The molecule has 3 rings (SSSR count). The number of hydrogen-bond donors (Lipinski definition) is 2. The Balaban J connectivity index is 0.00000208. The fourth-order valence-electron chi connectivity index (χ4n) is 2.64. The summed E-state index contributed by atoms with van der Waals surface area (Å²) in [5.41, 5.74) is 0. The summed E-state index contributed by atoms with van der Waals surface area (Å²) >= 11 is 0. The van der Waals surface area contributed by atoms with Crippen LogP contribution in [-0.2, 0) is 30.9 Å². The number of nitrogens with one attached hydrogen (secondary N) is 2. The lowest BCUT2D eigenvalue weighted by atomic mass is 10.1. The topological polar surface area (TPSA) is 89.5 Å². The van der Waals surface area contributed by atoms with Crippen LogP contribution in [0.25, 0.3) is 0 Å². The lowest BCUT2D eigenvalue weighted by molar-refractivity contribution is 0.177. The second-order valence-electron chi connectivity index (χ2n) is 5.44. The van der Waals surface area contributed by atoms with Crippen LogP contribution in [0.5, 0.6) is 0 Å². The molecule has 24 heavy (non-hydrogen) atoms. The van der Waals surface area contributed by atoms with Gasteiger partial charge in [-0.3, -0.25) is 4.99 Å². The molecule has 1 atom stereocenters. The summed E-state index contributed by atoms with van der Waals surface area (Å²) < 4.78 is 12.4. The van der Waals surface area contributed by atoms with Gasteiger partial charge < -0.3 is 19.8 Å². The van der Waals surface area contributed by atoms with Gasteiger partial charge in [0.2, 0.25) is 0 Å². The lowest BCUT2D eigenvalue weighted by Gasteiger charge is -2.25. The molecule has 0 amide bonds. The van der Waals surface area contributed by atoms with Crippen LogP contribution in [0.2, 0.25) is 0 Å². The molecule has 2 aromatic rings. The molecule has 1 unspecified atom stereocenters. The highest BCUT2D eigenvalue weighted by Crippen LogP contribution is 2.13. The number of fused-ring (bicyclic) bond motifs is 1. The van der Waals surface area contributed by atoms with Gasteiger partial charge in [0.25, 0.3) is 0 Å². The summed E-state index contributed by atoms with van der Waals surface area (Å²) in [6.07, 6.45) is 3.55. The van der Waals surface area contributed by atoms with Crippen LogP contribution in [0.1, 0.15) is 23.8 Å². The van der Waals surface area contributed by atoms with E-state index in [1.807, 2.05) is 16.8 Å². The maximum Gasteiger partial charge on any atom is 0.191 e. The van der Waals surface area contributed by atoms with Crippen LogP contribution >= 0.6 is 24.0 Å². The molecule has 8 nitrogen and oxygen atoms in total. The molecule has 0 fully saturated rings. The van der Waals surface area contributed by atoms with Crippen molar-refractivity contribution in [3.63, 3.8) is 0 Å². The predicted octanol–water partition coefficient (Wildman–Crippen LogP) is 1.32. The Kier molecular flexibility index (Phi) is 7.03. The third kappa shape index (κ3) is 4.69. The summed E-state index contributed by atoms with van der Waals surface area (Å²) in [6, 6.07) is 4.07. The largest absolute Gasteiger partial charge is 0.467 e. The first-order valence-electron chi connectivity index (χ1n) is 7.69. The molecule has 0 saturated heterocycles. The van der Waals surface area contributed by atoms with Crippen molar-refractivity contribution in [1.82, 2.24) is 25.4 Å². The van der Waals surface area contributed by atoms with Gasteiger partial charge in [0.1, 0.15) is 18.2 Å². The molecular weight excluding hydrogens is 423 g/mol. The van der Waals surface area contributed by atoms with E-state index in [1.165, 1.54) is 0 Å². The van der Waals surface area contributed by atoms with Crippen LogP contribution in [-0.4, -0.2) is 40.9 Å². The van der Waals surface area contributed by atoms with Gasteiger partial charge in [0, 0.05) is 26.6 Å². The van der Waals surface area contributed by atoms with E-state index in [0.717, 1.165) is 42.8 Å². The Hall–Kier alpha value is -1.62. The minimum atomic E-state index is 0. The Labute approximate surface area is 158 Å². The summed E-state index contributed by atoms with van der Waals surface area (Å²) in [4.78, 5) is 8.74. The van der Waals surface area contributed by atoms with Gasteiger partial charge in [-0.05, 0) is 18.6 Å². The number of guanidine groups is 1. The third-order valence-electron chi connectivity index (χ3n) is 3.75. The maximum atomic E-state index is 5.31. The molecule has 3 heterocycles. The predicted molar refractivity (Wildman–Crippen MR) is 100 cm³/mol. The molecule has 2 aromatic heterocycles. The van der Waals surface area contributed by atoms with Crippen molar-refractivity contribution >= 4 is 29.9 Å². The van der Waals surface area contributed by atoms with E-state index >= 15 is 0 Å². The lowest BCUT2D eigenvalue weighted by Crippen LogP contribution is -2.46. The molecule has 9 heteroatoms. The Morgan fingerprint density at radius 3 is 3.12 bits per heavy atom. The summed E-state index contributed by atoms with van der Waals surface area (Å²) in [6.45, 7) is 1.82. The Bertz CT molecular complexity index is 655. The van der Waals surface area contributed by atoms with Crippen molar-refractivity contribution in [1.29, 1.82) is 0 Å². The second-order valence-corrected chi connectivity index (χ2v) is 5.44. The number of ether oxygens (including phenoxy) is 1. The van der Waals surface area contributed by atoms with Crippen molar-refractivity contribution in [2.75, 3.05) is 14.2 Å². The normalized spacial score (nSPS) is 17.1. The number of aryl methyl sites for hydroxylation is 1. The first-order chi connectivity index (χ1) is 11.3. The third-order valence-corrected chi connectivity index (χ3v) is 3.75. The van der Waals surface area contributed by atoms with Gasteiger partial charge in [0.05, 0.1) is 19.4 Å².